The van der Waals surface area contributed by atoms with E-state index in [-0.39, 0.29) is 11.6 Å². The summed E-state index contributed by atoms with van der Waals surface area (Å²) >= 11 is 0. The first-order chi connectivity index (χ1) is 8.89. The molecule has 4 N–H and O–H groups in total. The summed E-state index contributed by atoms with van der Waals surface area (Å²) in [6, 6.07) is 7.44. The Morgan fingerprint density at radius 3 is 2.79 bits per heavy atom. The summed E-state index contributed by atoms with van der Waals surface area (Å²) in [5, 5.41) is 2.72. The minimum absolute atomic E-state index is 0.178. The number of nitrogens with one attached hydrogen (secondary N) is 2. The van der Waals surface area contributed by atoms with Crippen molar-refractivity contribution in [3.8, 4) is 0 Å². The van der Waals surface area contributed by atoms with E-state index in [4.69, 9.17) is 5.73 Å². The van der Waals surface area contributed by atoms with Gasteiger partial charge in [0.25, 0.3) is 0 Å². The zero-order valence-corrected chi connectivity index (χ0v) is 11.1. The number of H-pyrrole nitrogens is 1. The van der Waals surface area contributed by atoms with Gasteiger partial charge < -0.3 is 16.0 Å². The highest BCUT2D eigenvalue weighted by Gasteiger charge is 2.21. The van der Waals surface area contributed by atoms with Gasteiger partial charge in [-0.3, -0.25) is 9.36 Å². The standard InChI is InChI=1S/C13H18N4O2/c1-13(2,14)11(18)15-7-8-17-10-6-4-3-5-9(10)16-12(17)19/h3-6H,7-8,14H2,1-2H3,(H,15,18)(H,16,19). The number of aromatic nitrogens is 2. The lowest BCUT2D eigenvalue weighted by molar-refractivity contribution is -0.125. The van der Waals surface area contributed by atoms with Crippen LogP contribution in [0.15, 0.2) is 29.1 Å². The number of imidazole rings is 1. The molecule has 0 aliphatic heterocycles. The van der Waals surface area contributed by atoms with E-state index in [0.29, 0.717) is 13.1 Å². The average Bonchev–Trinajstić information content (AvgIpc) is 2.64. The molecule has 6 heteroatoms. The molecule has 102 valence electrons. The third kappa shape index (κ3) is 2.85. The first kappa shape index (κ1) is 13.4. The Morgan fingerprint density at radius 1 is 1.42 bits per heavy atom. The van der Waals surface area contributed by atoms with Crippen LogP contribution in [0.25, 0.3) is 11.0 Å². The van der Waals surface area contributed by atoms with E-state index in [1.54, 1.807) is 18.4 Å². The van der Waals surface area contributed by atoms with Gasteiger partial charge in [-0.1, -0.05) is 12.1 Å². The first-order valence-corrected chi connectivity index (χ1v) is 6.14. The molecule has 2 rings (SSSR count). The molecule has 19 heavy (non-hydrogen) atoms. The van der Waals surface area contributed by atoms with Gasteiger partial charge in [0, 0.05) is 13.1 Å². The van der Waals surface area contributed by atoms with Crippen LogP contribution in [-0.4, -0.2) is 27.5 Å². The topological polar surface area (TPSA) is 92.9 Å². The molecule has 1 aromatic heterocycles. The van der Waals surface area contributed by atoms with Crippen LogP contribution in [0, 0.1) is 0 Å². The minimum Gasteiger partial charge on any atom is -0.353 e. The molecule has 0 fully saturated rings. The normalized spacial score (nSPS) is 11.7. The summed E-state index contributed by atoms with van der Waals surface area (Å²) in [6.45, 7) is 4.05. The van der Waals surface area contributed by atoms with Crippen LogP contribution >= 0.6 is 0 Å². The zero-order chi connectivity index (χ0) is 14.0. The molecule has 0 spiro atoms. The predicted octanol–water partition coefficient (Wildman–Crippen LogP) is 0.183. The number of nitrogens with two attached hydrogens (primary N) is 1. The summed E-state index contributed by atoms with van der Waals surface area (Å²) in [4.78, 5) is 26.2. The highest BCUT2D eigenvalue weighted by Crippen LogP contribution is 2.08. The summed E-state index contributed by atoms with van der Waals surface area (Å²) in [6.07, 6.45) is 0. The largest absolute Gasteiger partial charge is 0.353 e. The Bertz CT molecular complexity index is 648. The SMILES string of the molecule is CC(C)(N)C(=O)NCCn1c(=O)[nH]c2ccccc21. The van der Waals surface area contributed by atoms with E-state index < -0.39 is 5.54 Å². The summed E-state index contributed by atoms with van der Waals surface area (Å²) in [5.41, 5.74) is 6.20. The van der Waals surface area contributed by atoms with Crippen molar-refractivity contribution in [2.45, 2.75) is 25.9 Å². The molecule has 0 saturated carbocycles. The lowest BCUT2D eigenvalue weighted by atomic mass is 10.1. The molecule has 0 saturated heterocycles. The number of benzene rings is 1. The number of para-hydroxylation sites is 2. The molecule has 1 aromatic carbocycles. The number of aromatic amines is 1. The number of fused-ring (bicyclic) bond motifs is 1. The molecule has 0 bridgehead atoms. The monoisotopic (exact) mass is 262 g/mol. The molecule has 1 heterocycles. The van der Waals surface area contributed by atoms with Crippen molar-refractivity contribution in [2.75, 3.05) is 6.54 Å². The van der Waals surface area contributed by atoms with Crippen LogP contribution in [0.3, 0.4) is 0 Å². The number of nitrogens with zero attached hydrogens (tertiary/aromatic N) is 1. The Morgan fingerprint density at radius 2 is 2.11 bits per heavy atom. The second kappa shape index (κ2) is 4.89. The molecule has 0 aliphatic carbocycles. The number of hydrogen-bond acceptors (Lipinski definition) is 3. The fourth-order valence-corrected chi connectivity index (χ4v) is 1.84. The maximum Gasteiger partial charge on any atom is 0.326 e. The van der Waals surface area contributed by atoms with E-state index in [9.17, 15) is 9.59 Å². The van der Waals surface area contributed by atoms with E-state index in [0.717, 1.165) is 11.0 Å². The Kier molecular flexibility index (Phi) is 3.44. The van der Waals surface area contributed by atoms with Gasteiger partial charge in [-0.25, -0.2) is 4.79 Å². The fraction of sp³-hybridized carbons (Fsp3) is 0.385. The summed E-state index contributed by atoms with van der Waals surface area (Å²) in [7, 11) is 0. The Labute approximate surface area is 110 Å². The van der Waals surface area contributed by atoms with Crippen molar-refractivity contribution in [1.82, 2.24) is 14.9 Å². The van der Waals surface area contributed by atoms with E-state index >= 15 is 0 Å². The highest BCUT2D eigenvalue weighted by atomic mass is 16.2. The molecule has 1 amide bonds. The molecule has 2 aromatic rings. The van der Waals surface area contributed by atoms with Crippen molar-refractivity contribution in [2.24, 2.45) is 5.73 Å². The highest BCUT2D eigenvalue weighted by molar-refractivity contribution is 5.85. The number of amides is 1. The third-order valence-electron chi connectivity index (χ3n) is 2.89. The van der Waals surface area contributed by atoms with Crippen molar-refractivity contribution in [1.29, 1.82) is 0 Å². The zero-order valence-electron chi connectivity index (χ0n) is 11.1. The van der Waals surface area contributed by atoms with Crippen LogP contribution in [-0.2, 0) is 11.3 Å². The van der Waals surface area contributed by atoms with Crippen LogP contribution in [0.2, 0.25) is 0 Å². The van der Waals surface area contributed by atoms with Gasteiger partial charge in [0.2, 0.25) is 5.91 Å². The van der Waals surface area contributed by atoms with Gasteiger partial charge in [0.05, 0.1) is 16.6 Å². The third-order valence-corrected chi connectivity index (χ3v) is 2.89. The molecule has 0 aliphatic rings. The van der Waals surface area contributed by atoms with Gasteiger partial charge >= 0.3 is 5.69 Å². The molecule has 0 atom stereocenters. The van der Waals surface area contributed by atoms with Gasteiger partial charge in [-0.15, -0.1) is 0 Å². The van der Waals surface area contributed by atoms with E-state index in [1.165, 1.54) is 0 Å². The minimum atomic E-state index is -0.912. The molecule has 6 nitrogen and oxygen atoms in total. The van der Waals surface area contributed by atoms with Crippen molar-refractivity contribution in [3.63, 3.8) is 0 Å². The first-order valence-electron chi connectivity index (χ1n) is 6.14. The second-order valence-electron chi connectivity index (χ2n) is 5.08. The molecule has 0 unspecified atom stereocenters. The second-order valence-corrected chi connectivity index (χ2v) is 5.08. The van der Waals surface area contributed by atoms with E-state index in [2.05, 4.69) is 10.3 Å². The fourth-order valence-electron chi connectivity index (χ4n) is 1.84. The van der Waals surface area contributed by atoms with Crippen LogP contribution in [0.1, 0.15) is 13.8 Å². The maximum atomic E-state index is 11.8. The molecular weight excluding hydrogens is 244 g/mol. The smallest absolute Gasteiger partial charge is 0.326 e. The van der Waals surface area contributed by atoms with Crippen LogP contribution in [0.4, 0.5) is 0 Å². The Hall–Kier alpha value is -2.08. The number of hydrogen-bond donors (Lipinski definition) is 3. The predicted molar refractivity (Wildman–Crippen MR) is 73.8 cm³/mol. The lowest BCUT2D eigenvalue weighted by Gasteiger charge is -2.17. The number of rotatable bonds is 4. The summed E-state index contributed by atoms with van der Waals surface area (Å²) in [5.74, 6) is -0.236. The van der Waals surface area contributed by atoms with Crippen LogP contribution in [0.5, 0.6) is 0 Å². The van der Waals surface area contributed by atoms with Gasteiger partial charge in [0.15, 0.2) is 0 Å². The van der Waals surface area contributed by atoms with Crippen molar-refractivity contribution < 1.29 is 4.79 Å². The van der Waals surface area contributed by atoms with Gasteiger partial charge in [-0.05, 0) is 26.0 Å². The molecule has 0 radical (unpaired) electrons. The maximum absolute atomic E-state index is 11.8. The molecular formula is C13H18N4O2. The summed E-state index contributed by atoms with van der Waals surface area (Å²) < 4.78 is 1.60. The quantitative estimate of drug-likeness (QED) is 0.734. The number of carbonyl (C=O) groups is 1. The van der Waals surface area contributed by atoms with Gasteiger partial charge in [0.1, 0.15) is 0 Å². The average molecular weight is 262 g/mol. The van der Waals surface area contributed by atoms with Crippen LogP contribution < -0.4 is 16.7 Å². The van der Waals surface area contributed by atoms with E-state index in [1.807, 2.05) is 24.3 Å². The van der Waals surface area contributed by atoms with Crippen molar-refractivity contribution in [3.05, 3.63) is 34.7 Å². The number of carbonyl (C=O) groups excluding carboxylic acids is 1. The van der Waals surface area contributed by atoms with Crippen molar-refractivity contribution >= 4 is 16.9 Å². The Balaban J connectivity index is 2.09. The van der Waals surface area contributed by atoms with Gasteiger partial charge in [-0.2, -0.15) is 0 Å². The lowest BCUT2D eigenvalue weighted by Crippen LogP contribution is -2.49.